The van der Waals surface area contributed by atoms with Crippen LogP contribution in [0.3, 0.4) is 0 Å². The number of rotatable bonds is 3. The number of benzene rings is 1. The lowest BCUT2D eigenvalue weighted by atomic mass is 10.0. The van der Waals surface area contributed by atoms with Gasteiger partial charge in [0.15, 0.2) is 0 Å². The SMILES string of the molecule is O[C@H]1[C@H](O)CN(CCc2ccccc2F)C[C@@H]1O. The molecule has 0 aromatic heterocycles. The number of hydrogen-bond donors (Lipinski definition) is 3. The molecule has 5 heteroatoms. The highest BCUT2D eigenvalue weighted by molar-refractivity contribution is 5.17. The second-order valence-corrected chi connectivity index (χ2v) is 4.73. The Hall–Kier alpha value is -1.01. The van der Waals surface area contributed by atoms with Crippen LogP contribution in [0, 0.1) is 5.82 Å². The molecule has 4 nitrogen and oxygen atoms in total. The van der Waals surface area contributed by atoms with Crippen LogP contribution in [0.2, 0.25) is 0 Å². The van der Waals surface area contributed by atoms with Crippen molar-refractivity contribution in [3.05, 3.63) is 35.6 Å². The topological polar surface area (TPSA) is 63.9 Å². The minimum atomic E-state index is -1.09. The molecule has 0 spiro atoms. The second kappa shape index (κ2) is 5.75. The third-order valence-electron chi connectivity index (χ3n) is 3.33. The fraction of sp³-hybridized carbons (Fsp3) is 0.538. The number of aliphatic hydroxyl groups is 3. The molecule has 0 aliphatic carbocycles. The van der Waals surface area contributed by atoms with Crippen LogP contribution in [0.1, 0.15) is 5.56 Å². The predicted octanol–water partition coefficient (Wildman–Crippen LogP) is -0.234. The zero-order valence-electron chi connectivity index (χ0n) is 10.0. The van der Waals surface area contributed by atoms with Gasteiger partial charge in [0.05, 0.1) is 12.2 Å². The molecule has 1 aliphatic rings. The molecule has 1 aliphatic heterocycles. The van der Waals surface area contributed by atoms with E-state index in [2.05, 4.69) is 0 Å². The van der Waals surface area contributed by atoms with Gasteiger partial charge < -0.3 is 15.3 Å². The zero-order valence-corrected chi connectivity index (χ0v) is 10.0. The van der Waals surface area contributed by atoms with Crippen LogP contribution in [0.25, 0.3) is 0 Å². The highest BCUT2D eigenvalue weighted by atomic mass is 19.1. The minimum absolute atomic E-state index is 0.240. The van der Waals surface area contributed by atoms with Crippen molar-refractivity contribution in [1.29, 1.82) is 0 Å². The molecule has 0 unspecified atom stereocenters. The number of aliphatic hydroxyl groups excluding tert-OH is 3. The van der Waals surface area contributed by atoms with Gasteiger partial charge in [-0.15, -0.1) is 0 Å². The summed E-state index contributed by atoms with van der Waals surface area (Å²) in [6, 6.07) is 6.56. The Morgan fingerprint density at radius 2 is 1.72 bits per heavy atom. The fourth-order valence-electron chi connectivity index (χ4n) is 2.24. The van der Waals surface area contributed by atoms with Crippen molar-refractivity contribution in [2.24, 2.45) is 0 Å². The maximum Gasteiger partial charge on any atom is 0.126 e. The molecule has 2 rings (SSSR count). The normalized spacial score (nSPS) is 29.4. The first-order chi connectivity index (χ1) is 8.58. The van der Waals surface area contributed by atoms with E-state index in [4.69, 9.17) is 0 Å². The van der Waals surface area contributed by atoms with Gasteiger partial charge in [-0.1, -0.05) is 18.2 Å². The number of piperidine rings is 1. The van der Waals surface area contributed by atoms with Gasteiger partial charge in [0.1, 0.15) is 11.9 Å². The van der Waals surface area contributed by atoms with Crippen LogP contribution >= 0.6 is 0 Å². The van der Waals surface area contributed by atoms with Crippen molar-refractivity contribution in [2.45, 2.75) is 24.7 Å². The van der Waals surface area contributed by atoms with Gasteiger partial charge in [0.25, 0.3) is 0 Å². The Balaban J connectivity index is 1.89. The average Bonchev–Trinajstić information content (AvgIpc) is 2.35. The average molecular weight is 255 g/mol. The summed E-state index contributed by atoms with van der Waals surface area (Å²) >= 11 is 0. The van der Waals surface area contributed by atoms with Crippen molar-refractivity contribution in [2.75, 3.05) is 19.6 Å². The summed E-state index contributed by atoms with van der Waals surface area (Å²) in [6.45, 7) is 1.14. The summed E-state index contributed by atoms with van der Waals surface area (Å²) in [5.41, 5.74) is 0.618. The molecule has 3 atom stereocenters. The molecule has 0 bridgehead atoms. The summed E-state index contributed by atoms with van der Waals surface area (Å²) in [5, 5.41) is 28.5. The lowest BCUT2D eigenvalue weighted by Crippen LogP contribution is -2.55. The molecular formula is C13H18FNO3. The third-order valence-corrected chi connectivity index (χ3v) is 3.33. The molecule has 1 aromatic carbocycles. The number of β-amino-alcohol motifs (C(OH)–C–C–N with tert-alkyl or cyclic N) is 2. The number of likely N-dealkylation sites (tertiary alicyclic amines) is 1. The Labute approximate surface area is 105 Å². The molecule has 0 radical (unpaired) electrons. The summed E-state index contributed by atoms with van der Waals surface area (Å²) < 4.78 is 13.4. The first-order valence-corrected chi connectivity index (χ1v) is 6.08. The van der Waals surface area contributed by atoms with Gasteiger partial charge in [-0.2, -0.15) is 0 Å². The molecule has 1 heterocycles. The lowest BCUT2D eigenvalue weighted by molar-refractivity contribution is -0.109. The van der Waals surface area contributed by atoms with Crippen molar-refractivity contribution < 1.29 is 19.7 Å². The van der Waals surface area contributed by atoms with E-state index in [0.29, 0.717) is 31.6 Å². The maximum absolute atomic E-state index is 13.4. The van der Waals surface area contributed by atoms with E-state index in [9.17, 15) is 19.7 Å². The third kappa shape index (κ3) is 3.05. The zero-order chi connectivity index (χ0) is 13.1. The van der Waals surface area contributed by atoms with Crippen LogP contribution in [0.15, 0.2) is 24.3 Å². The van der Waals surface area contributed by atoms with Crippen molar-refractivity contribution in [1.82, 2.24) is 4.90 Å². The van der Waals surface area contributed by atoms with E-state index in [-0.39, 0.29) is 5.82 Å². The van der Waals surface area contributed by atoms with E-state index < -0.39 is 18.3 Å². The van der Waals surface area contributed by atoms with Gasteiger partial charge in [-0.05, 0) is 18.1 Å². The van der Waals surface area contributed by atoms with Gasteiger partial charge in [-0.3, -0.25) is 4.90 Å². The maximum atomic E-state index is 13.4. The lowest BCUT2D eigenvalue weighted by Gasteiger charge is -2.36. The number of halogens is 1. The summed E-state index contributed by atoms with van der Waals surface area (Å²) in [6.07, 6.45) is -2.47. The van der Waals surface area contributed by atoms with Gasteiger partial charge in [0.2, 0.25) is 0 Å². The number of nitrogens with zero attached hydrogens (tertiary/aromatic N) is 1. The molecule has 1 fully saturated rings. The van der Waals surface area contributed by atoms with Crippen LogP contribution in [-0.2, 0) is 6.42 Å². The smallest absolute Gasteiger partial charge is 0.126 e. The van der Waals surface area contributed by atoms with Gasteiger partial charge >= 0.3 is 0 Å². The Morgan fingerprint density at radius 1 is 1.11 bits per heavy atom. The first-order valence-electron chi connectivity index (χ1n) is 6.08. The fourth-order valence-corrected chi connectivity index (χ4v) is 2.24. The molecule has 3 N–H and O–H groups in total. The van der Waals surface area contributed by atoms with Crippen molar-refractivity contribution in [3.63, 3.8) is 0 Å². The van der Waals surface area contributed by atoms with E-state index in [1.807, 2.05) is 4.90 Å². The van der Waals surface area contributed by atoms with E-state index >= 15 is 0 Å². The minimum Gasteiger partial charge on any atom is -0.389 e. The number of hydrogen-bond acceptors (Lipinski definition) is 4. The molecule has 0 saturated carbocycles. The molecule has 1 aromatic rings. The molecule has 1 saturated heterocycles. The highest BCUT2D eigenvalue weighted by Crippen LogP contribution is 2.14. The molecule has 100 valence electrons. The summed E-state index contributed by atoms with van der Waals surface area (Å²) in [7, 11) is 0. The van der Waals surface area contributed by atoms with Gasteiger partial charge in [0, 0.05) is 19.6 Å². The molecule has 0 amide bonds. The highest BCUT2D eigenvalue weighted by Gasteiger charge is 2.32. The Bertz CT molecular complexity index is 390. The molecule has 18 heavy (non-hydrogen) atoms. The van der Waals surface area contributed by atoms with Gasteiger partial charge in [-0.25, -0.2) is 4.39 Å². The van der Waals surface area contributed by atoms with Crippen molar-refractivity contribution >= 4 is 0 Å². The quantitative estimate of drug-likeness (QED) is 0.698. The summed E-state index contributed by atoms with van der Waals surface area (Å²) in [4.78, 5) is 1.83. The largest absolute Gasteiger partial charge is 0.389 e. The monoisotopic (exact) mass is 255 g/mol. The van der Waals surface area contributed by atoms with E-state index in [0.717, 1.165) is 0 Å². The molecular weight excluding hydrogens is 237 g/mol. The first kappa shape index (κ1) is 13.4. The Morgan fingerprint density at radius 3 is 2.33 bits per heavy atom. The van der Waals surface area contributed by atoms with Crippen LogP contribution < -0.4 is 0 Å². The Kier molecular flexibility index (Phi) is 4.29. The van der Waals surface area contributed by atoms with Crippen molar-refractivity contribution in [3.8, 4) is 0 Å². The standard InChI is InChI=1S/C13H18FNO3/c14-10-4-2-1-3-9(10)5-6-15-7-11(16)13(18)12(17)8-15/h1-4,11-13,16-18H,5-8H2/t11-,12+,13+. The van der Waals surface area contributed by atoms with E-state index in [1.165, 1.54) is 6.07 Å². The van der Waals surface area contributed by atoms with Crippen LogP contribution in [-0.4, -0.2) is 58.2 Å². The van der Waals surface area contributed by atoms with Crippen LogP contribution in [0.5, 0.6) is 0 Å². The van der Waals surface area contributed by atoms with E-state index in [1.54, 1.807) is 18.2 Å². The summed E-state index contributed by atoms with van der Waals surface area (Å²) in [5.74, 6) is -0.240. The second-order valence-electron chi connectivity index (χ2n) is 4.73. The van der Waals surface area contributed by atoms with Crippen LogP contribution in [0.4, 0.5) is 4.39 Å². The predicted molar refractivity (Wildman–Crippen MR) is 64.6 cm³/mol.